The summed E-state index contributed by atoms with van der Waals surface area (Å²) in [6, 6.07) is 20.5. The van der Waals surface area contributed by atoms with E-state index in [0.717, 1.165) is 28.3 Å². The Morgan fingerprint density at radius 2 is 1.66 bits per heavy atom. The average Bonchev–Trinajstić information content (AvgIpc) is 2.72. The number of fused-ring (bicyclic) bond motifs is 1. The average molecular weight is 411 g/mol. The van der Waals surface area contributed by atoms with Gasteiger partial charge in [0, 0.05) is 13.0 Å². The highest BCUT2D eigenvalue weighted by molar-refractivity contribution is 7.89. The molecule has 6 heteroatoms. The molecule has 0 spiro atoms. The quantitative estimate of drug-likeness (QED) is 0.587. The van der Waals surface area contributed by atoms with Gasteiger partial charge in [0.1, 0.15) is 0 Å². The van der Waals surface area contributed by atoms with Crippen molar-refractivity contribution in [3.05, 3.63) is 77.9 Å². The zero-order valence-electron chi connectivity index (χ0n) is 16.7. The number of nitrogens with one attached hydrogen (secondary N) is 2. The summed E-state index contributed by atoms with van der Waals surface area (Å²) in [7, 11) is -3.67. The van der Waals surface area contributed by atoms with E-state index >= 15 is 0 Å². The maximum atomic E-state index is 12.5. The number of amides is 1. The summed E-state index contributed by atoms with van der Waals surface area (Å²) in [5, 5.41) is 4.82. The number of aryl methyl sites for hydroxylation is 1. The van der Waals surface area contributed by atoms with Crippen LogP contribution in [0.2, 0.25) is 0 Å². The van der Waals surface area contributed by atoms with Gasteiger partial charge in [-0.1, -0.05) is 67.1 Å². The van der Waals surface area contributed by atoms with Crippen molar-refractivity contribution in [3.63, 3.8) is 0 Å². The highest BCUT2D eigenvalue weighted by Crippen LogP contribution is 2.19. The summed E-state index contributed by atoms with van der Waals surface area (Å²) in [5.41, 5.74) is 2.21. The monoisotopic (exact) mass is 410 g/mol. The van der Waals surface area contributed by atoms with E-state index in [9.17, 15) is 13.2 Å². The molecule has 0 aliphatic heterocycles. The van der Waals surface area contributed by atoms with E-state index in [1.807, 2.05) is 62.4 Å². The number of carbonyl (C=O) groups is 1. The predicted molar refractivity (Wildman–Crippen MR) is 116 cm³/mol. The second-order valence-corrected chi connectivity index (χ2v) is 8.86. The lowest BCUT2D eigenvalue weighted by Crippen LogP contribution is -2.32. The summed E-state index contributed by atoms with van der Waals surface area (Å²) < 4.78 is 27.6. The van der Waals surface area contributed by atoms with Gasteiger partial charge in [0.05, 0.1) is 10.9 Å². The molecular weight excluding hydrogens is 384 g/mol. The number of hydrogen-bond acceptors (Lipinski definition) is 3. The molecule has 3 aromatic carbocycles. The molecule has 29 heavy (non-hydrogen) atoms. The first kappa shape index (κ1) is 21.0. The Labute approximate surface area is 172 Å². The van der Waals surface area contributed by atoms with Gasteiger partial charge in [-0.15, -0.1) is 0 Å². The summed E-state index contributed by atoms with van der Waals surface area (Å²) in [4.78, 5) is 12.5. The Morgan fingerprint density at radius 1 is 0.966 bits per heavy atom. The molecule has 1 amide bonds. The third-order valence-electron chi connectivity index (χ3n) is 4.90. The Bertz CT molecular complexity index is 1090. The third kappa shape index (κ3) is 5.43. The smallest absolute Gasteiger partial charge is 0.240 e. The minimum atomic E-state index is -3.67. The van der Waals surface area contributed by atoms with Crippen molar-refractivity contribution < 1.29 is 13.2 Å². The fraction of sp³-hybridized carbons (Fsp3) is 0.261. The first-order valence-electron chi connectivity index (χ1n) is 9.73. The van der Waals surface area contributed by atoms with Crippen molar-refractivity contribution in [2.24, 2.45) is 0 Å². The predicted octanol–water partition coefficient (Wildman–Crippen LogP) is 4.08. The van der Waals surface area contributed by atoms with Crippen LogP contribution in [0.1, 0.15) is 36.9 Å². The molecule has 3 rings (SSSR count). The molecule has 0 unspecified atom stereocenters. The van der Waals surface area contributed by atoms with Gasteiger partial charge in [0.15, 0.2) is 0 Å². The van der Waals surface area contributed by atoms with Crippen LogP contribution in [0.25, 0.3) is 10.8 Å². The van der Waals surface area contributed by atoms with E-state index in [-0.39, 0.29) is 29.8 Å². The fourth-order valence-corrected chi connectivity index (χ4v) is 4.27. The van der Waals surface area contributed by atoms with Crippen LogP contribution >= 0.6 is 0 Å². The van der Waals surface area contributed by atoms with Gasteiger partial charge in [-0.25, -0.2) is 13.1 Å². The first-order chi connectivity index (χ1) is 13.9. The molecule has 0 bridgehead atoms. The van der Waals surface area contributed by atoms with E-state index in [1.54, 1.807) is 18.2 Å². The molecule has 0 saturated heterocycles. The Morgan fingerprint density at radius 3 is 2.34 bits per heavy atom. The molecule has 2 N–H and O–H groups in total. The Balaban J connectivity index is 1.57. The highest BCUT2D eigenvalue weighted by atomic mass is 32.2. The zero-order valence-corrected chi connectivity index (χ0v) is 17.5. The van der Waals surface area contributed by atoms with Crippen LogP contribution in [-0.4, -0.2) is 20.9 Å². The standard InChI is InChI=1S/C23H26N2O3S/c1-3-22(19-10-8-17(2)9-11-19)25-23(26)14-15-24-29(27,28)21-13-12-18-6-4-5-7-20(18)16-21/h4-13,16,22,24H,3,14-15H2,1-2H3,(H,25,26)/t22-/m0/s1. The van der Waals surface area contributed by atoms with Crippen molar-refractivity contribution in [1.82, 2.24) is 10.0 Å². The van der Waals surface area contributed by atoms with Crippen molar-refractivity contribution in [1.29, 1.82) is 0 Å². The number of benzene rings is 3. The molecule has 3 aromatic rings. The zero-order chi connectivity index (χ0) is 20.9. The highest BCUT2D eigenvalue weighted by Gasteiger charge is 2.16. The van der Waals surface area contributed by atoms with Gasteiger partial charge in [-0.3, -0.25) is 4.79 Å². The molecule has 0 radical (unpaired) electrons. The van der Waals surface area contributed by atoms with E-state index in [0.29, 0.717) is 0 Å². The summed E-state index contributed by atoms with van der Waals surface area (Å²) in [6.45, 7) is 4.07. The van der Waals surface area contributed by atoms with Gasteiger partial charge in [0.25, 0.3) is 0 Å². The van der Waals surface area contributed by atoms with E-state index in [1.165, 1.54) is 0 Å². The van der Waals surface area contributed by atoms with Crippen molar-refractivity contribution in [3.8, 4) is 0 Å². The Kier molecular flexibility index (Phi) is 6.67. The van der Waals surface area contributed by atoms with E-state index in [4.69, 9.17) is 0 Å². The van der Waals surface area contributed by atoms with Gasteiger partial charge in [-0.2, -0.15) is 0 Å². The molecule has 0 aromatic heterocycles. The molecule has 152 valence electrons. The molecule has 0 aliphatic rings. The maximum absolute atomic E-state index is 12.5. The summed E-state index contributed by atoms with van der Waals surface area (Å²) >= 11 is 0. The maximum Gasteiger partial charge on any atom is 0.240 e. The van der Waals surface area contributed by atoms with Crippen LogP contribution in [0.4, 0.5) is 0 Å². The minimum Gasteiger partial charge on any atom is -0.349 e. The van der Waals surface area contributed by atoms with Gasteiger partial charge >= 0.3 is 0 Å². The normalized spacial score (nSPS) is 12.6. The van der Waals surface area contributed by atoms with E-state index < -0.39 is 10.0 Å². The largest absolute Gasteiger partial charge is 0.349 e. The van der Waals surface area contributed by atoms with Crippen LogP contribution in [0.5, 0.6) is 0 Å². The molecule has 5 nitrogen and oxygen atoms in total. The number of carbonyl (C=O) groups excluding carboxylic acids is 1. The molecule has 0 fully saturated rings. The van der Waals surface area contributed by atoms with Crippen LogP contribution in [0.3, 0.4) is 0 Å². The van der Waals surface area contributed by atoms with Crippen LogP contribution < -0.4 is 10.0 Å². The third-order valence-corrected chi connectivity index (χ3v) is 6.36. The molecule has 1 atom stereocenters. The van der Waals surface area contributed by atoms with Gasteiger partial charge in [-0.05, 0) is 41.8 Å². The van der Waals surface area contributed by atoms with Crippen molar-refractivity contribution >= 4 is 26.7 Å². The minimum absolute atomic E-state index is 0.0470. The molecule has 0 aliphatic carbocycles. The molecular formula is C23H26N2O3S. The lowest BCUT2D eigenvalue weighted by molar-refractivity contribution is -0.121. The second kappa shape index (κ2) is 9.20. The lowest BCUT2D eigenvalue weighted by Gasteiger charge is -2.18. The van der Waals surface area contributed by atoms with E-state index in [2.05, 4.69) is 10.0 Å². The van der Waals surface area contributed by atoms with Gasteiger partial charge in [0.2, 0.25) is 15.9 Å². The van der Waals surface area contributed by atoms with Crippen LogP contribution in [0, 0.1) is 6.92 Å². The number of sulfonamides is 1. The second-order valence-electron chi connectivity index (χ2n) is 7.10. The summed E-state index contributed by atoms with van der Waals surface area (Å²) in [6.07, 6.45) is 0.840. The van der Waals surface area contributed by atoms with Crippen molar-refractivity contribution in [2.75, 3.05) is 6.54 Å². The van der Waals surface area contributed by atoms with Crippen LogP contribution in [-0.2, 0) is 14.8 Å². The van der Waals surface area contributed by atoms with Crippen molar-refractivity contribution in [2.45, 2.75) is 37.6 Å². The summed E-state index contributed by atoms with van der Waals surface area (Å²) in [5.74, 6) is -0.182. The Hall–Kier alpha value is -2.70. The lowest BCUT2D eigenvalue weighted by atomic mass is 10.0. The fourth-order valence-electron chi connectivity index (χ4n) is 3.20. The molecule has 0 heterocycles. The SMILES string of the molecule is CC[C@H](NC(=O)CCNS(=O)(=O)c1ccc2ccccc2c1)c1ccc(C)cc1. The van der Waals surface area contributed by atoms with Gasteiger partial charge < -0.3 is 5.32 Å². The number of hydrogen-bond donors (Lipinski definition) is 2. The van der Waals surface area contributed by atoms with Crippen LogP contribution in [0.15, 0.2) is 71.6 Å². The number of rotatable bonds is 8. The first-order valence-corrected chi connectivity index (χ1v) is 11.2. The topological polar surface area (TPSA) is 75.3 Å². The molecule has 0 saturated carbocycles.